The van der Waals surface area contributed by atoms with Crippen molar-refractivity contribution in [1.82, 2.24) is 0 Å². The summed E-state index contributed by atoms with van der Waals surface area (Å²) in [5, 5.41) is 0. The third-order valence-corrected chi connectivity index (χ3v) is 5.69. The third-order valence-electron chi connectivity index (χ3n) is 5.69. The first-order chi connectivity index (χ1) is 8.36. The highest BCUT2D eigenvalue weighted by molar-refractivity contribution is 5.93. The Morgan fingerprint density at radius 1 is 0.882 bits per heavy atom. The fraction of sp³-hybridized carbons (Fsp3) is 0.438. The second-order valence-electron chi connectivity index (χ2n) is 6.07. The van der Waals surface area contributed by atoms with Crippen molar-refractivity contribution in [3.05, 3.63) is 47.5 Å². The minimum absolute atomic E-state index is 0.258. The van der Waals surface area contributed by atoms with E-state index in [1.165, 1.54) is 6.42 Å². The van der Waals surface area contributed by atoms with Gasteiger partial charge in [0.05, 0.1) is 0 Å². The molecular weight excluding hydrogens is 208 g/mol. The van der Waals surface area contributed by atoms with Crippen molar-refractivity contribution < 1.29 is 4.79 Å². The Balaban J connectivity index is 1.73. The van der Waals surface area contributed by atoms with E-state index in [9.17, 15) is 4.79 Å². The van der Waals surface area contributed by atoms with Crippen LogP contribution in [0, 0.1) is 23.7 Å². The van der Waals surface area contributed by atoms with E-state index < -0.39 is 0 Å². The smallest absolute Gasteiger partial charge is 0.147 e. The standard InChI is InChI=1S/C16H14O/c17-16-10-5-6-11(16)15-13-7-12(14(10)15)8-3-1-2-4-9(8)13/h1-6,10-15H,7H2/t10-,11-,12-,13+,14+,15+/m0/s1. The van der Waals surface area contributed by atoms with Crippen molar-refractivity contribution in [2.75, 3.05) is 0 Å². The monoisotopic (exact) mass is 222 g/mol. The van der Waals surface area contributed by atoms with Gasteiger partial charge in [-0.2, -0.15) is 0 Å². The van der Waals surface area contributed by atoms with E-state index in [2.05, 4.69) is 36.4 Å². The van der Waals surface area contributed by atoms with Crippen LogP contribution < -0.4 is 0 Å². The van der Waals surface area contributed by atoms with E-state index in [-0.39, 0.29) is 11.8 Å². The maximum atomic E-state index is 12.2. The number of hydrogen-bond acceptors (Lipinski definition) is 1. The van der Waals surface area contributed by atoms with Gasteiger partial charge in [0.15, 0.2) is 0 Å². The fourth-order valence-electron chi connectivity index (χ4n) is 5.25. The number of ketones is 1. The van der Waals surface area contributed by atoms with E-state index in [4.69, 9.17) is 0 Å². The van der Waals surface area contributed by atoms with Gasteiger partial charge in [-0.3, -0.25) is 4.79 Å². The highest BCUT2D eigenvalue weighted by Gasteiger charge is 2.63. The molecule has 1 nitrogen and oxygen atoms in total. The molecule has 2 saturated carbocycles. The summed E-state index contributed by atoms with van der Waals surface area (Å²) < 4.78 is 0. The molecule has 0 aromatic heterocycles. The van der Waals surface area contributed by atoms with Gasteiger partial charge in [0.1, 0.15) is 5.78 Å². The largest absolute Gasteiger partial charge is 0.298 e. The van der Waals surface area contributed by atoms with E-state index in [1.54, 1.807) is 11.1 Å². The van der Waals surface area contributed by atoms with Crippen LogP contribution in [0.3, 0.4) is 0 Å². The van der Waals surface area contributed by atoms with Crippen molar-refractivity contribution in [3.8, 4) is 0 Å². The highest BCUT2D eigenvalue weighted by atomic mass is 16.1. The number of hydrogen-bond donors (Lipinski definition) is 0. The Morgan fingerprint density at radius 2 is 1.41 bits per heavy atom. The second-order valence-corrected chi connectivity index (χ2v) is 6.07. The van der Waals surface area contributed by atoms with Crippen LogP contribution in [-0.4, -0.2) is 5.78 Å². The maximum Gasteiger partial charge on any atom is 0.147 e. The van der Waals surface area contributed by atoms with Crippen LogP contribution in [0.4, 0.5) is 0 Å². The maximum absolute atomic E-state index is 12.2. The summed E-state index contributed by atoms with van der Waals surface area (Å²) in [6.45, 7) is 0. The molecule has 4 aliphatic carbocycles. The van der Waals surface area contributed by atoms with Gasteiger partial charge in [-0.1, -0.05) is 36.4 Å². The molecule has 4 bridgehead atoms. The van der Waals surface area contributed by atoms with Crippen molar-refractivity contribution in [3.63, 3.8) is 0 Å². The van der Waals surface area contributed by atoms with Crippen LogP contribution in [0.15, 0.2) is 36.4 Å². The van der Waals surface area contributed by atoms with Gasteiger partial charge >= 0.3 is 0 Å². The predicted molar refractivity (Wildman–Crippen MR) is 64.6 cm³/mol. The summed E-state index contributed by atoms with van der Waals surface area (Å²) >= 11 is 0. The van der Waals surface area contributed by atoms with Crippen LogP contribution in [0.25, 0.3) is 0 Å². The van der Waals surface area contributed by atoms with Gasteiger partial charge in [0, 0.05) is 11.8 Å². The topological polar surface area (TPSA) is 17.1 Å². The van der Waals surface area contributed by atoms with Crippen LogP contribution in [-0.2, 0) is 4.79 Å². The van der Waals surface area contributed by atoms with Gasteiger partial charge in [-0.15, -0.1) is 0 Å². The van der Waals surface area contributed by atoms with E-state index in [1.807, 2.05) is 0 Å². The van der Waals surface area contributed by atoms with Crippen LogP contribution >= 0.6 is 0 Å². The Morgan fingerprint density at radius 3 is 1.94 bits per heavy atom. The van der Waals surface area contributed by atoms with Crippen molar-refractivity contribution in [2.24, 2.45) is 23.7 Å². The molecule has 0 aliphatic heterocycles. The molecule has 0 N–H and O–H groups in total. The average Bonchev–Trinajstić information content (AvgIpc) is 3.07. The molecule has 0 unspecified atom stereocenters. The van der Waals surface area contributed by atoms with Crippen molar-refractivity contribution in [2.45, 2.75) is 18.3 Å². The molecule has 0 saturated heterocycles. The number of benzene rings is 1. The number of rotatable bonds is 0. The summed E-state index contributed by atoms with van der Waals surface area (Å²) in [5.74, 6) is 3.65. The number of carbonyl (C=O) groups excluding carboxylic acids is 1. The Bertz CT molecular complexity index is 524. The molecule has 4 aliphatic rings. The fourth-order valence-corrected chi connectivity index (χ4v) is 5.25. The molecule has 17 heavy (non-hydrogen) atoms. The molecule has 0 radical (unpaired) electrons. The minimum atomic E-state index is 0.258. The lowest BCUT2D eigenvalue weighted by Gasteiger charge is -2.32. The molecule has 1 aromatic rings. The van der Waals surface area contributed by atoms with Crippen molar-refractivity contribution in [1.29, 1.82) is 0 Å². The molecule has 5 rings (SSSR count). The molecule has 0 amide bonds. The first kappa shape index (κ1) is 8.68. The van der Waals surface area contributed by atoms with Crippen LogP contribution in [0.1, 0.15) is 29.4 Å². The lowest BCUT2D eigenvalue weighted by molar-refractivity contribution is -0.121. The Kier molecular flexibility index (Phi) is 1.30. The summed E-state index contributed by atoms with van der Waals surface area (Å²) in [5.41, 5.74) is 3.10. The Hall–Kier alpha value is -1.37. The number of Topliss-reactive ketones (excluding diaryl/α,β-unsaturated/α-hetero) is 1. The predicted octanol–water partition coefficient (Wildman–Crippen LogP) is 2.89. The first-order valence-corrected chi connectivity index (χ1v) is 6.67. The molecule has 2 fully saturated rings. The van der Waals surface area contributed by atoms with Crippen LogP contribution in [0.2, 0.25) is 0 Å². The van der Waals surface area contributed by atoms with E-state index in [0.29, 0.717) is 29.5 Å². The molecule has 0 heterocycles. The molecule has 1 aromatic carbocycles. The zero-order valence-corrected chi connectivity index (χ0v) is 9.54. The highest BCUT2D eigenvalue weighted by Crippen LogP contribution is 2.68. The van der Waals surface area contributed by atoms with Gasteiger partial charge < -0.3 is 0 Å². The van der Waals surface area contributed by atoms with Gasteiger partial charge in [0.25, 0.3) is 0 Å². The zero-order chi connectivity index (χ0) is 11.1. The molecule has 84 valence electrons. The zero-order valence-electron chi connectivity index (χ0n) is 9.54. The summed E-state index contributed by atoms with van der Waals surface area (Å²) in [7, 11) is 0. The number of fused-ring (bicyclic) bond motifs is 12. The quantitative estimate of drug-likeness (QED) is 0.487. The summed E-state index contributed by atoms with van der Waals surface area (Å²) in [4.78, 5) is 12.2. The first-order valence-electron chi connectivity index (χ1n) is 6.67. The van der Waals surface area contributed by atoms with E-state index in [0.717, 1.165) is 0 Å². The molecular formula is C16H14O. The van der Waals surface area contributed by atoms with Crippen molar-refractivity contribution >= 4 is 5.78 Å². The Labute approximate surface area is 101 Å². The normalized spacial score (nSPS) is 47.6. The number of allylic oxidation sites excluding steroid dienone is 2. The third kappa shape index (κ3) is 0.782. The lowest BCUT2D eigenvalue weighted by Crippen LogP contribution is -2.25. The molecule has 1 heteroatoms. The minimum Gasteiger partial charge on any atom is -0.298 e. The van der Waals surface area contributed by atoms with Gasteiger partial charge in [-0.05, 0) is 41.2 Å². The van der Waals surface area contributed by atoms with E-state index >= 15 is 0 Å². The average molecular weight is 222 g/mol. The number of carbonyl (C=O) groups is 1. The van der Waals surface area contributed by atoms with Gasteiger partial charge in [0.2, 0.25) is 0 Å². The molecule has 0 spiro atoms. The lowest BCUT2D eigenvalue weighted by atomic mass is 9.71. The SMILES string of the molecule is O=C1[C@H]2C=C[C@H]1[C@H]1[C@H]2[C@@H]2C[C@H]1c1ccccc12. The van der Waals surface area contributed by atoms with Crippen LogP contribution in [0.5, 0.6) is 0 Å². The second kappa shape index (κ2) is 2.55. The molecule has 6 atom stereocenters. The summed E-state index contributed by atoms with van der Waals surface area (Å²) in [6, 6.07) is 8.88. The van der Waals surface area contributed by atoms with Gasteiger partial charge in [-0.25, -0.2) is 0 Å². The summed E-state index contributed by atoms with van der Waals surface area (Å²) in [6.07, 6.45) is 5.69.